The Bertz CT molecular complexity index is 769. The van der Waals surface area contributed by atoms with Gasteiger partial charge in [0.05, 0.1) is 22.0 Å². The number of nitrogens with zero attached hydrogens (tertiary/aromatic N) is 2. The Morgan fingerprint density at radius 3 is 2.11 bits per heavy atom. The number of rotatable bonds is 6. The standard InChI is InChI=1S/C10H13N3O3.C6H4Cl2N2O/c14-9(15)3-6-12-10(16)13-7-8-1-4-11-5-2-8;7-3-1-10-2-4(8)5(3)6(9)11/h1-2,4-5H,3,6-7H2,(H,14,15)(H2,12,13,16);1-2H,(H2,9,11). The van der Waals surface area contributed by atoms with E-state index >= 15 is 0 Å². The second kappa shape index (κ2) is 11.7. The van der Waals surface area contributed by atoms with E-state index in [0.717, 1.165) is 5.56 Å². The number of halogens is 2. The summed E-state index contributed by atoms with van der Waals surface area (Å²) in [5.74, 6) is -1.59. The van der Waals surface area contributed by atoms with Crippen LogP contribution in [-0.4, -0.2) is 39.5 Å². The van der Waals surface area contributed by atoms with Crippen molar-refractivity contribution in [3.63, 3.8) is 0 Å². The molecule has 2 aromatic heterocycles. The highest BCUT2D eigenvalue weighted by atomic mass is 35.5. The normalized spacial score (nSPS) is 9.56. The predicted molar refractivity (Wildman–Crippen MR) is 99.5 cm³/mol. The number of pyridine rings is 2. The third kappa shape index (κ3) is 8.84. The van der Waals surface area contributed by atoms with Crippen LogP contribution in [0.4, 0.5) is 4.79 Å². The third-order valence-corrected chi connectivity index (χ3v) is 3.50. The lowest BCUT2D eigenvalue weighted by atomic mass is 10.2. The second-order valence-electron chi connectivity index (χ2n) is 4.95. The van der Waals surface area contributed by atoms with Crippen LogP contribution in [0, 0.1) is 0 Å². The SMILES string of the molecule is NC(=O)c1c(Cl)cncc1Cl.O=C(O)CCNC(=O)NCc1ccncc1. The molecule has 0 unspecified atom stereocenters. The molecule has 0 saturated heterocycles. The zero-order valence-corrected chi connectivity index (χ0v) is 15.5. The number of urea groups is 1. The van der Waals surface area contributed by atoms with Crippen LogP contribution < -0.4 is 16.4 Å². The highest BCUT2D eigenvalue weighted by molar-refractivity contribution is 6.39. The maximum Gasteiger partial charge on any atom is 0.315 e. The van der Waals surface area contributed by atoms with E-state index in [0.29, 0.717) is 6.54 Å². The van der Waals surface area contributed by atoms with E-state index in [4.69, 9.17) is 34.0 Å². The molecule has 0 bridgehead atoms. The average molecular weight is 414 g/mol. The van der Waals surface area contributed by atoms with E-state index in [1.165, 1.54) is 12.4 Å². The molecule has 5 N–H and O–H groups in total. The Morgan fingerprint density at radius 1 is 1.04 bits per heavy atom. The van der Waals surface area contributed by atoms with E-state index in [1.54, 1.807) is 24.5 Å². The fraction of sp³-hybridized carbons (Fsp3) is 0.188. The summed E-state index contributed by atoms with van der Waals surface area (Å²) in [6.07, 6.45) is 5.82. The Kier molecular flexibility index (Phi) is 9.55. The van der Waals surface area contributed by atoms with Crippen molar-refractivity contribution in [3.8, 4) is 0 Å². The number of carboxylic acids is 1. The van der Waals surface area contributed by atoms with Crippen molar-refractivity contribution in [2.45, 2.75) is 13.0 Å². The molecule has 0 saturated carbocycles. The number of aliphatic carboxylic acids is 1. The summed E-state index contributed by atoms with van der Waals surface area (Å²) in [4.78, 5) is 39.5. The van der Waals surface area contributed by atoms with Crippen molar-refractivity contribution >= 4 is 41.1 Å². The molecule has 0 aliphatic carbocycles. The van der Waals surface area contributed by atoms with Gasteiger partial charge in [-0.15, -0.1) is 0 Å². The van der Waals surface area contributed by atoms with Crippen molar-refractivity contribution < 1.29 is 19.5 Å². The lowest BCUT2D eigenvalue weighted by Crippen LogP contribution is -2.36. The third-order valence-electron chi connectivity index (χ3n) is 2.93. The molecule has 144 valence electrons. The molecular weight excluding hydrogens is 397 g/mol. The lowest BCUT2D eigenvalue weighted by molar-refractivity contribution is -0.136. The molecule has 11 heteroatoms. The van der Waals surface area contributed by atoms with E-state index in [1.807, 2.05) is 0 Å². The van der Waals surface area contributed by atoms with Crippen LogP contribution in [0.25, 0.3) is 0 Å². The average Bonchev–Trinajstić information content (AvgIpc) is 2.61. The quantitative estimate of drug-likeness (QED) is 0.567. The van der Waals surface area contributed by atoms with Gasteiger partial charge in [0.1, 0.15) is 0 Å². The molecule has 0 aromatic carbocycles. The first-order chi connectivity index (χ1) is 12.8. The molecule has 9 nitrogen and oxygen atoms in total. The van der Waals surface area contributed by atoms with Crippen molar-refractivity contribution in [1.29, 1.82) is 0 Å². The molecule has 0 atom stereocenters. The Balaban J connectivity index is 0.000000289. The van der Waals surface area contributed by atoms with Crippen LogP contribution in [0.3, 0.4) is 0 Å². The van der Waals surface area contributed by atoms with Crippen LogP contribution in [0.1, 0.15) is 22.3 Å². The highest BCUT2D eigenvalue weighted by Crippen LogP contribution is 2.21. The molecule has 0 spiro atoms. The number of primary amides is 1. The van der Waals surface area contributed by atoms with Crippen molar-refractivity contribution in [3.05, 3.63) is 58.1 Å². The predicted octanol–water partition coefficient (Wildman–Crippen LogP) is 1.84. The van der Waals surface area contributed by atoms with E-state index in [2.05, 4.69) is 20.6 Å². The van der Waals surface area contributed by atoms with Crippen molar-refractivity contribution in [2.75, 3.05) is 6.54 Å². The minimum Gasteiger partial charge on any atom is -0.481 e. The zero-order valence-electron chi connectivity index (χ0n) is 14.0. The highest BCUT2D eigenvalue weighted by Gasteiger charge is 2.10. The van der Waals surface area contributed by atoms with Crippen LogP contribution >= 0.6 is 23.2 Å². The summed E-state index contributed by atoms with van der Waals surface area (Å²) in [7, 11) is 0. The minimum atomic E-state index is -0.936. The number of amides is 3. The number of carbonyl (C=O) groups is 3. The fourth-order valence-corrected chi connectivity index (χ4v) is 2.23. The second-order valence-corrected chi connectivity index (χ2v) is 5.77. The van der Waals surface area contributed by atoms with Crippen molar-refractivity contribution in [2.24, 2.45) is 5.73 Å². The Morgan fingerprint density at radius 2 is 1.63 bits per heavy atom. The molecule has 27 heavy (non-hydrogen) atoms. The van der Waals surface area contributed by atoms with Gasteiger partial charge in [0.25, 0.3) is 5.91 Å². The van der Waals surface area contributed by atoms with Gasteiger partial charge in [0, 0.05) is 37.9 Å². The number of carbonyl (C=O) groups excluding carboxylic acids is 2. The first-order valence-electron chi connectivity index (χ1n) is 7.52. The van der Waals surface area contributed by atoms with Crippen LogP contribution in [0.2, 0.25) is 10.0 Å². The number of hydrogen-bond donors (Lipinski definition) is 4. The zero-order chi connectivity index (χ0) is 20.2. The minimum absolute atomic E-state index is 0.0807. The Labute approximate surface area is 164 Å². The topological polar surface area (TPSA) is 147 Å². The maximum atomic E-state index is 11.2. The van der Waals surface area contributed by atoms with Gasteiger partial charge in [0.15, 0.2) is 0 Å². The molecule has 2 heterocycles. The van der Waals surface area contributed by atoms with Gasteiger partial charge in [-0.05, 0) is 17.7 Å². The molecule has 2 aromatic rings. The van der Waals surface area contributed by atoms with Crippen LogP contribution in [0.15, 0.2) is 36.9 Å². The van der Waals surface area contributed by atoms with E-state index in [9.17, 15) is 14.4 Å². The van der Waals surface area contributed by atoms with Crippen LogP contribution in [0.5, 0.6) is 0 Å². The first kappa shape index (κ1) is 22.1. The number of nitrogens with one attached hydrogen (secondary N) is 2. The van der Waals surface area contributed by atoms with Gasteiger partial charge >= 0.3 is 12.0 Å². The van der Waals surface area contributed by atoms with Gasteiger partial charge < -0.3 is 21.5 Å². The fourth-order valence-electron chi connectivity index (χ4n) is 1.68. The number of carboxylic acid groups (broad SMARTS) is 1. The van der Waals surface area contributed by atoms with Crippen molar-refractivity contribution in [1.82, 2.24) is 20.6 Å². The molecule has 0 aliphatic rings. The molecule has 0 fully saturated rings. The van der Waals surface area contributed by atoms with Gasteiger partial charge in [-0.2, -0.15) is 0 Å². The largest absolute Gasteiger partial charge is 0.481 e. The molecule has 0 aliphatic heterocycles. The summed E-state index contributed by atoms with van der Waals surface area (Å²) in [5.41, 5.74) is 6.03. The molecule has 3 amide bonds. The van der Waals surface area contributed by atoms with E-state index in [-0.39, 0.29) is 34.6 Å². The van der Waals surface area contributed by atoms with Crippen LogP contribution in [-0.2, 0) is 11.3 Å². The summed E-state index contributed by atoms with van der Waals surface area (Å²) in [6, 6.07) is 3.20. The molecular formula is C16H17Cl2N5O4. The van der Waals surface area contributed by atoms with E-state index < -0.39 is 11.9 Å². The van der Waals surface area contributed by atoms with Gasteiger partial charge in [-0.3, -0.25) is 19.6 Å². The monoisotopic (exact) mass is 413 g/mol. The summed E-state index contributed by atoms with van der Waals surface area (Å²) in [6.45, 7) is 0.513. The van der Waals surface area contributed by atoms with Gasteiger partial charge in [-0.25, -0.2) is 4.79 Å². The smallest absolute Gasteiger partial charge is 0.315 e. The maximum absolute atomic E-state index is 11.2. The molecule has 2 rings (SSSR count). The first-order valence-corrected chi connectivity index (χ1v) is 8.28. The Hall–Kier alpha value is -2.91. The number of aromatic nitrogens is 2. The molecule has 0 radical (unpaired) electrons. The van der Waals surface area contributed by atoms with Gasteiger partial charge in [-0.1, -0.05) is 23.2 Å². The van der Waals surface area contributed by atoms with Gasteiger partial charge in [0.2, 0.25) is 0 Å². The summed E-state index contributed by atoms with van der Waals surface area (Å²) in [5, 5.41) is 13.7. The lowest BCUT2D eigenvalue weighted by Gasteiger charge is -2.06. The number of nitrogens with two attached hydrogens (primary N) is 1. The summed E-state index contributed by atoms with van der Waals surface area (Å²) < 4.78 is 0. The summed E-state index contributed by atoms with van der Waals surface area (Å²) >= 11 is 11.2. The number of hydrogen-bond acceptors (Lipinski definition) is 5.